The van der Waals surface area contributed by atoms with Crippen molar-refractivity contribution < 1.29 is 4.43 Å². The molecule has 90 valence electrons. The van der Waals surface area contributed by atoms with Gasteiger partial charge in [-0.1, -0.05) is 34.1 Å². The second-order valence-electron chi connectivity index (χ2n) is 6.65. The Morgan fingerprint density at radius 3 is 2.00 bits per heavy atom. The van der Waals surface area contributed by atoms with E-state index < -0.39 is 8.32 Å². The fourth-order valence-electron chi connectivity index (χ4n) is 2.12. The van der Waals surface area contributed by atoms with Crippen LogP contribution in [-0.4, -0.2) is 13.9 Å². The summed E-state index contributed by atoms with van der Waals surface area (Å²) in [5.74, 6) is 0. The van der Waals surface area contributed by atoms with Crippen molar-refractivity contribution in [3.63, 3.8) is 0 Å². The van der Waals surface area contributed by atoms with Crippen LogP contribution >= 0.6 is 0 Å². The van der Waals surface area contributed by atoms with E-state index in [1.165, 1.54) is 32.1 Å². The lowest BCUT2D eigenvalue weighted by molar-refractivity contribution is -0.0276. The second-order valence-corrected chi connectivity index (χ2v) is 11.4. The number of rotatable bonds is 4. The van der Waals surface area contributed by atoms with Crippen molar-refractivity contribution in [3.05, 3.63) is 0 Å². The lowest BCUT2D eigenvalue weighted by Gasteiger charge is -2.50. The van der Waals surface area contributed by atoms with Gasteiger partial charge in [-0.15, -0.1) is 0 Å². The Labute approximate surface area is 96.7 Å². The Kier molecular flexibility index (Phi) is 3.72. The maximum absolute atomic E-state index is 6.61. The molecule has 1 nitrogen and oxygen atoms in total. The molecule has 0 amide bonds. The average Bonchev–Trinajstić information content (AvgIpc) is 1.98. The third-order valence-corrected chi connectivity index (χ3v) is 8.80. The molecule has 0 radical (unpaired) electrons. The van der Waals surface area contributed by atoms with Crippen molar-refractivity contribution in [3.8, 4) is 0 Å². The van der Waals surface area contributed by atoms with E-state index in [0.29, 0.717) is 5.04 Å². The van der Waals surface area contributed by atoms with Crippen molar-refractivity contribution in [2.24, 2.45) is 0 Å². The molecule has 0 heterocycles. The summed E-state index contributed by atoms with van der Waals surface area (Å²) in [6.45, 7) is 14.0. The van der Waals surface area contributed by atoms with Crippen LogP contribution in [-0.2, 0) is 4.43 Å². The van der Waals surface area contributed by atoms with Crippen LogP contribution in [0.4, 0.5) is 0 Å². The molecule has 0 bridgehead atoms. The Morgan fingerprint density at radius 2 is 1.73 bits per heavy atom. The lowest BCUT2D eigenvalue weighted by atomic mass is 9.77. The van der Waals surface area contributed by atoms with Gasteiger partial charge in [0.25, 0.3) is 0 Å². The van der Waals surface area contributed by atoms with Crippen LogP contribution in [0.1, 0.15) is 59.8 Å². The summed E-state index contributed by atoms with van der Waals surface area (Å²) in [5.41, 5.74) is 0.276. The first kappa shape index (κ1) is 13.2. The fraction of sp³-hybridized carbons (Fsp3) is 1.00. The highest BCUT2D eigenvalue weighted by molar-refractivity contribution is 6.74. The Bertz CT molecular complexity index is 211. The molecule has 0 aromatic rings. The first-order valence-corrected chi connectivity index (χ1v) is 9.33. The van der Waals surface area contributed by atoms with E-state index in [0.717, 1.165) is 0 Å². The zero-order valence-corrected chi connectivity index (χ0v) is 12.4. The van der Waals surface area contributed by atoms with Crippen molar-refractivity contribution in [1.29, 1.82) is 0 Å². The molecular weight excluding hydrogens is 200 g/mol. The quantitative estimate of drug-likeness (QED) is 0.632. The molecule has 1 rings (SSSR count). The van der Waals surface area contributed by atoms with Gasteiger partial charge in [0, 0.05) is 0 Å². The molecule has 0 saturated heterocycles. The standard InChI is InChI=1S/C13H28OSi/c1-7-9-13(10-8-11-13)14-15(5,6)12(2,3)4/h7-11H2,1-6H3. The van der Waals surface area contributed by atoms with Gasteiger partial charge in [-0.2, -0.15) is 0 Å². The molecule has 0 aromatic carbocycles. The van der Waals surface area contributed by atoms with Crippen LogP contribution < -0.4 is 0 Å². The largest absolute Gasteiger partial charge is 0.411 e. The van der Waals surface area contributed by atoms with Gasteiger partial charge < -0.3 is 4.43 Å². The summed E-state index contributed by atoms with van der Waals surface area (Å²) in [6.07, 6.45) is 6.49. The van der Waals surface area contributed by atoms with E-state index in [4.69, 9.17) is 4.43 Å². The van der Waals surface area contributed by atoms with Crippen LogP contribution in [0.5, 0.6) is 0 Å². The summed E-state index contributed by atoms with van der Waals surface area (Å²) in [6, 6.07) is 0. The van der Waals surface area contributed by atoms with E-state index >= 15 is 0 Å². The predicted octanol–water partition coefficient (Wildman–Crippen LogP) is 4.73. The number of hydrogen-bond donors (Lipinski definition) is 0. The highest BCUT2D eigenvalue weighted by Gasteiger charge is 2.46. The van der Waals surface area contributed by atoms with Crippen LogP contribution in [0.25, 0.3) is 0 Å². The highest BCUT2D eigenvalue weighted by Crippen LogP contribution is 2.47. The first-order valence-electron chi connectivity index (χ1n) is 6.43. The fourth-order valence-corrected chi connectivity index (χ4v) is 3.82. The minimum absolute atomic E-state index is 0.276. The van der Waals surface area contributed by atoms with E-state index in [1.54, 1.807) is 0 Å². The van der Waals surface area contributed by atoms with Gasteiger partial charge in [-0.05, 0) is 43.8 Å². The molecule has 0 unspecified atom stereocenters. The third kappa shape index (κ3) is 2.85. The molecule has 0 N–H and O–H groups in total. The molecule has 15 heavy (non-hydrogen) atoms. The van der Waals surface area contributed by atoms with Crippen LogP contribution in [0.15, 0.2) is 0 Å². The van der Waals surface area contributed by atoms with Crippen LogP contribution in [0, 0.1) is 0 Å². The summed E-state index contributed by atoms with van der Waals surface area (Å²) < 4.78 is 6.61. The van der Waals surface area contributed by atoms with Crippen molar-refractivity contribution >= 4 is 8.32 Å². The molecular formula is C13H28OSi. The Balaban J connectivity index is 2.66. The minimum atomic E-state index is -1.55. The molecule has 2 heteroatoms. The Morgan fingerprint density at radius 1 is 1.20 bits per heavy atom. The molecule has 1 saturated carbocycles. The van der Waals surface area contributed by atoms with Gasteiger partial charge >= 0.3 is 0 Å². The highest BCUT2D eigenvalue weighted by atomic mass is 28.4. The van der Waals surface area contributed by atoms with Gasteiger partial charge in [0.15, 0.2) is 8.32 Å². The van der Waals surface area contributed by atoms with Gasteiger partial charge in [0.1, 0.15) is 0 Å². The molecule has 1 fully saturated rings. The zero-order chi connectivity index (χ0) is 11.7. The van der Waals surface area contributed by atoms with Crippen LogP contribution in [0.2, 0.25) is 18.1 Å². The molecule has 1 aliphatic carbocycles. The SMILES string of the molecule is CCCC1(O[Si](C)(C)C(C)(C)C)CCC1. The third-order valence-electron chi connectivity index (χ3n) is 4.25. The molecule has 0 aromatic heterocycles. The summed E-state index contributed by atoms with van der Waals surface area (Å²) in [4.78, 5) is 0. The second kappa shape index (κ2) is 4.21. The minimum Gasteiger partial charge on any atom is -0.411 e. The van der Waals surface area contributed by atoms with Gasteiger partial charge in [0.05, 0.1) is 5.60 Å². The van der Waals surface area contributed by atoms with E-state index in [2.05, 4.69) is 40.8 Å². The smallest absolute Gasteiger partial charge is 0.192 e. The summed E-state index contributed by atoms with van der Waals surface area (Å²) in [7, 11) is -1.55. The van der Waals surface area contributed by atoms with Gasteiger partial charge in [0.2, 0.25) is 0 Å². The van der Waals surface area contributed by atoms with Crippen molar-refractivity contribution in [2.75, 3.05) is 0 Å². The van der Waals surface area contributed by atoms with Crippen LogP contribution in [0.3, 0.4) is 0 Å². The van der Waals surface area contributed by atoms with E-state index in [9.17, 15) is 0 Å². The van der Waals surface area contributed by atoms with E-state index in [1.807, 2.05) is 0 Å². The average molecular weight is 228 g/mol. The normalized spacial score (nSPS) is 21.2. The summed E-state index contributed by atoms with van der Waals surface area (Å²) >= 11 is 0. The Hall–Kier alpha value is 0.177. The molecule has 1 aliphatic rings. The maximum Gasteiger partial charge on any atom is 0.192 e. The van der Waals surface area contributed by atoms with Gasteiger partial charge in [-0.25, -0.2) is 0 Å². The van der Waals surface area contributed by atoms with Crippen molar-refractivity contribution in [2.45, 2.75) is 83.5 Å². The molecule has 0 aliphatic heterocycles. The summed E-state index contributed by atoms with van der Waals surface area (Å²) in [5, 5.41) is 0.351. The topological polar surface area (TPSA) is 9.23 Å². The monoisotopic (exact) mass is 228 g/mol. The maximum atomic E-state index is 6.61. The first-order chi connectivity index (χ1) is 6.72. The number of hydrogen-bond acceptors (Lipinski definition) is 1. The zero-order valence-electron chi connectivity index (χ0n) is 11.4. The van der Waals surface area contributed by atoms with Gasteiger partial charge in [-0.3, -0.25) is 0 Å². The van der Waals surface area contributed by atoms with E-state index in [-0.39, 0.29) is 5.60 Å². The van der Waals surface area contributed by atoms with Crippen molar-refractivity contribution in [1.82, 2.24) is 0 Å². The lowest BCUT2D eigenvalue weighted by Crippen LogP contribution is -2.52. The predicted molar refractivity (Wildman–Crippen MR) is 69.8 cm³/mol. The molecule has 0 spiro atoms. The molecule has 0 atom stereocenters.